The molecule has 158 valence electrons. The number of halogens is 2. The molecule has 1 amide bonds. The normalized spacial score (nSPS) is 11.9. The summed E-state index contributed by atoms with van der Waals surface area (Å²) in [7, 11) is 1.58. The van der Waals surface area contributed by atoms with E-state index < -0.39 is 6.10 Å². The van der Waals surface area contributed by atoms with Gasteiger partial charge in [0.25, 0.3) is 0 Å². The van der Waals surface area contributed by atoms with Crippen LogP contribution in [0.25, 0.3) is 5.69 Å². The van der Waals surface area contributed by atoms with Gasteiger partial charge in [0.2, 0.25) is 5.91 Å². The summed E-state index contributed by atoms with van der Waals surface area (Å²) in [4.78, 5) is 12.5. The second kappa shape index (κ2) is 9.51. The Kier molecular flexibility index (Phi) is 7.02. The van der Waals surface area contributed by atoms with Crippen molar-refractivity contribution < 1.29 is 14.6 Å². The number of ether oxygens (including phenoxy) is 1. The van der Waals surface area contributed by atoms with Crippen molar-refractivity contribution in [2.75, 3.05) is 13.7 Å². The number of benzene rings is 2. The van der Waals surface area contributed by atoms with Gasteiger partial charge in [0, 0.05) is 17.8 Å². The molecule has 1 aromatic heterocycles. The molecule has 3 rings (SSSR count). The van der Waals surface area contributed by atoms with Crippen LogP contribution in [-0.4, -0.2) is 34.4 Å². The van der Waals surface area contributed by atoms with Crippen LogP contribution in [0, 0.1) is 13.8 Å². The summed E-state index contributed by atoms with van der Waals surface area (Å²) >= 11 is 12.1. The van der Waals surface area contributed by atoms with E-state index in [4.69, 9.17) is 27.9 Å². The Labute approximate surface area is 185 Å². The summed E-state index contributed by atoms with van der Waals surface area (Å²) in [6.45, 7) is 3.87. The van der Waals surface area contributed by atoms with Crippen LogP contribution >= 0.6 is 23.2 Å². The molecule has 0 radical (unpaired) electrons. The van der Waals surface area contributed by atoms with Gasteiger partial charge in [-0.15, -0.1) is 0 Å². The average molecular weight is 448 g/mol. The summed E-state index contributed by atoms with van der Waals surface area (Å²) in [5, 5.41) is 18.5. The van der Waals surface area contributed by atoms with E-state index in [1.807, 2.05) is 19.9 Å². The fraction of sp³-hybridized carbons (Fsp3) is 0.273. The van der Waals surface area contributed by atoms with E-state index in [9.17, 15) is 9.90 Å². The maximum Gasteiger partial charge on any atom is 0.224 e. The number of hydrogen-bond acceptors (Lipinski definition) is 4. The van der Waals surface area contributed by atoms with E-state index in [0.29, 0.717) is 21.4 Å². The number of aliphatic hydroxyl groups is 1. The minimum Gasteiger partial charge on any atom is -0.497 e. The van der Waals surface area contributed by atoms with E-state index in [-0.39, 0.29) is 18.9 Å². The summed E-state index contributed by atoms with van der Waals surface area (Å²) in [6, 6.07) is 12.3. The van der Waals surface area contributed by atoms with Crippen molar-refractivity contribution in [3.05, 3.63) is 75.0 Å². The zero-order valence-electron chi connectivity index (χ0n) is 16.9. The van der Waals surface area contributed by atoms with E-state index in [1.54, 1.807) is 48.2 Å². The van der Waals surface area contributed by atoms with Crippen LogP contribution in [0.3, 0.4) is 0 Å². The second-order valence-corrected chi connectivity index (χ2v) is 7.74. The molecule has 0 bridgehead atoms. The van der Waals surface area contributed by atoms with Gasteiger partial charge in [0.15, 0.2) is 0 Å². The Morgan fingerprint density at radius 1 is 1.17 bits per heavy atom. The van der Waals surface area contributed by atoms with Crippen LogP contribution in [0.5, 0.6) is 5.75 Å². The van der Waals surface area contributed by atoms with Gasteiger partial charge >= 0.3 is 0 Å². The minimum atomic E-state index is -0.805. The summed E-state index contributed by atoms with van der Waals surface area (Å²) < 4.78 is 6.85. The van der Waals surface area contributed by atoms with Gasteiger partial charge in [-0.25, -0.2) is 4.68 Å². The first kappa shape index (κ1) is 22.2. The molecule has 0 aliphatic heterocycles. The molecular formula is C22H23Cl2N3O3. The van der Waals surface area contributed by atoms with Crippen molar-refractivity contribution in [2.45, 2.75) is 26.4 Å². The van der Waals surface area contributed by atoms with Crippen LogP contribution in [0.4, 0.5) is 0 Å². The topological polar surface area (TPSA) is 76.4 Å². The third-order valence-corrected chi connectivity index (χ3v) is 5.66. The largest absolute Gasteiger partial charge is 0.497 e. The van der Waals surface area contributed by atoms with Crippen molar-refractivity contribution in [3.8, 4) is 11.4 Å². The number of aryl methyl sites for hydroxylation is 1. The highest BCUT2D eigenvalue weighted by molar-refractivity contribution is 6.42. The van der Waals surface area contributed by atoms with Crippen molar-refractivity contribution in [3.63, 3.8) is 0 Å². The van der Waals surface area contributed by atoms with Crippen LogP contribution in [0.1, 0.15) is 28.6 Å². The zero-order chi connectivity index (χ0) is 21.8. The molecule has 0 saturated heterocycles. The van der Waals surface area contributed by atoms with Crippen LogP contribution < -0.4 is 10.1 Å². The number of aliphatic hydroxyl groups excluding tert-OH is 1. The zero-order valence-corrected chi connectivity index (χ0v) is 18.5. The number of methoxy groups -OCH3 is 1. The maximum atomic E-state index is 12.5. The third kappa shape index (κ3) is 4.95. The molecule has 8 heteroatoms. The molecule has 6 nitrogen and oxygen atoms in total. The minimum absolute atomic E-state index is 0.115. The Morgan fingerprint density at radius 2 is 1.87 bits per heavy atom. The monoisotopic (exact) mass is 447 g/mol. The number of nitrogens with zero attached hydrogens (tertiary/aromatic N) is 2. The molecule has 0 fully saturated rings. The van der Waals surface area contributed by atoms with E-state index in [1.165, 1.54) is 0 Å². The number of aromatic nitrogens is 2. The first-order valence-corrected chi connectivity index (χ1v) is 10.1. The van der Waals surface area contributed by atoms with Gasteiger partial charge < -0.3 is 15.2 Å². The highest BCUT2D eigenvalue weighted by Crippen LogP contribution is 2.26. The standard InChI is InChI=1S/C22H23Cl2N3O3/c1-13-18(14(2)27(26-13)16-6-9-19(23)20(24)10-16)11-22(29)25-12-21(28)15-4-7-17(30-3)8-5-15/h4-10,21,28H,11-12H2,1-3H3,(H,25,29). The first-order chi connectivity index (χ1) is 14.3. The molecule has 1 unspecified atom stereocenters. The summed E-state index contributed by atoms with van der Waals surface area (Å²) in [5.41, 5.74) is 3.90. The summed E-state index contributed by atoms with van der Waals surface area (Å²) in [5.74, 6) is 0.516. The Bertz CT molecular complexity index is 1050. The number of rotatable bonds is 7. The van der Waals surface area contributed by atoms with E-state index >= 15 is 0 Å². The Balaban J connectivity index is 1.66. The van der Waals surface area contributed by atoms with Crippen LogP contribution in [0.2, 0.25) is 10.0 Å². The molecular weight excluding hydrogens is 425 g/mol. The molecule has 1 atom stereocenters. The van der Waals surface area contributed by atoms with Crippen molar-refractivity contribution >= 4 is 29.1 Å². The number of carbonyl (C=O) groups is 1. The van der Waals surface area contributed by atoms with Gasteiger partial charge in [0.1, 0.15) is 5.75 Å². The Hall–Kier alpha value is -2.54. The lowest BCUT2D eigenvalue weighted by atomic mass is 10.1. The molecule has 1 heterocycles. The van der Waals surface area contributed by atoms with Crippen LogP contribution in [-0.2, 0) is 11.2 Å². The highest BCUT2D eigenvalue weighted by Gasteiger charge is 2.17. The van der Waals surface area contributed by atoms with Gasteiger partial charge in [-0.1, -0.05) is 35.3 Å². The predicted molar refractivity (Wildman–Crippen MR) is 118 cm³/mol. The molecule has 0 spiro atoms. The molecule has 0 aliphatic rings. The van der Waals surface area contributed by atoms with E-state index in [2.05, 4.69) is 10.4 Å². The predicted octanol–water partition coefficient (Wildman–Crippen LogP) is 4.20. The van der Waals surface area contributed by atoms with Crippen molar-refractivity contribution in [2.24, 2.45) is 0 Å². The number of carbonyl (C=O) groups excluding carboxylic acids is 1. The lowest BCUT2D eigenvalue weighted by Crippen LogP contribution is -2.30. The molecule has 2 aromatic carbocycles. The second-order valence-electron chi connectivity index (χ2n) is 6.93. The highest BCUT2D eigenvalue weighted by atomic mass is 35.5. The number of hydrogen-bond donors (Lipinski definition) is 2. The fourth-order valence-electron chi connectivity index (χ4n) is 3.18. The molecule has 0 aliphatic carbocycles. The first-order valence-electron chi connectivity index (χ1n) is 9.39. The maximum absolute atomic E-state index is 12.5. The number of nitrogens with one attached hydrogen (secondary N) is 1. The van der Waals surface area contributed by atoms with Gasteiger partial charge in [-0.3, -0.25) is 4.79 Å². The van der Waals surface area contributed by atoms with Crippen LogP contribution in [0.15, 0.2) is 42.5 Å². The van der Waals surface area contributed by atoms with Gasteiger partial charge in [0.05, 0.1) is 41.1 Å². The fourth-order valence-corrected chi connectivity index (χ4v) is 3.47. The van der Waals surface area contributed by atoms with E-state index in [0.717, 1.165) is 22.6 Å². The molecule has 30 heavy (non-hydrogen) atoms. The van der Waals surface area contributed by atoms with Crippen molar-refractivity contribution in [1.82, 2.24) is 15.1 Å². The van der Waals surface area contributed by atoms with Gasteiger partial charge in [-0.2, -0.15) is 5.10 Å². The lowest BCUT2D eigenvalue weighted by Gasteiger charge is -2.13. The van der Waals surface area contributed by atoms with Crippen molar-refractivity contribution in [1.29, 1.82) is 0 Å². The smallest absolute Gasteiger partial charge is 0.224 e. The average Bonchev–Trinajstić information content (AvgIpc) is 3.02. The lowest BCUT2D eigenvalue weighted by molar-refractivity contribution is -0.120. The molecule has 3 aromatic rings. The summed E-state index contributed by atoms with van der Waals surface area (Å²) in [6.07, 6.45) is -0.644. The third-order valence-electron chi connectivity index (χ3n) is 4.92. The van der Waals surface area contributed by atoms with Gasteiger partial charge in [-0.05, 0) is 49.7 Å². The molecule has 0 saturated carbocycles. The SMILES string of the molecule is COc1ccc(C(O)CNC(=O)Cc2c(C)nn(-c3ccc(Cl)c(Cl)c3)c2C)cc1. The Morgan fingerprint density at radius 3 is 2.50 bits per heavy atom. The molecule has 2 N–H and O–H groups in total. The number of amides is 1. The quantitative estimate of drug-likeness (QED) is 0.568.